The molecule has 4 nitrogen and oxygen atoms in total. The predicted molar refractivity (Wildman–Crippen MR) is 109 cm³/mol. The van der Waals surface area contributed by atoms with E-state index in [1.807, 2.05) is 38.1 Å². The molecule has 0 unspecified atom stereocenters. The summed E-state index contributed by atoms with van der Waals surface area (Å²) in [4.78, 5) is 24.8. The molecule has 6 heteroatoms. The molecule has 0 heterocycles. The minimum absolute atomic E-state index is 0.0400. The lowest BCUT2D eigenvalue weighted by Gasteiger charge is -2.40. The first-order valence-corrected chi connectivity index (χ1v) is 9.83. The molecule has 0 aromatic heterocycles. The highest BCUT2D eigenvalue weighted by Gasteiger charge is 2.45. The molecule has 1 fully saturated rings. The summed E-state index contributed by atoms with van der Waals surface area (Å²) in [6.45, 7) is 3.97. The summed E-state index contributed by atoms with van der Waals surface area (Å²) in [5.41, 5.74) is 1.86. The molecule has 1 aliphatic carbocycles. The Morgan fingerprint density at radius 1 is 1.14 bits per heavy atom. The predicted octanol–water partition coefficient (Wildman–Crippen LogP) is 4.81. The third-order valence-electron chi connectivity index (χ3n) is 5.31. The van der Waals surface area contributed by atoms with Gasteiger partial charge < -0.3 is 10.6 Å². The van der Waals surface area contributed by atoms with Crippen LogP contribution in [0, 0.1) is 11.7 Å². The van der Waals surface area contributed by atoms with Crippen molar-refractivity contribution in [1.29, 1.82) is 0 Å². The van der Waals surface area contributed by atoms with Gasteiger partial charge in [-0.25, -0.2) is 4.39 Å². The van der Waals surface area contributed by atoms with Crippen LogP contribution in [-0.2, 0) is 21.5 Å². The van der Waals surface area contributed by atoms with Gasteiger partial charge >= 0.3 is 0 Å². The van der Waals surface area contributed by atoms with Crippen molar-refractivity contribution in [3.05, 3.63) is 64.4 Å². The van der Waals surface area contributed by atoms with Crippen LogP contribution in [0.15, 0.2) is 42.5 Å². The molecule has 0 radical (unpaired) electrons. The van der Waals surface area contributed by atoms with Gasteiger partial charge in [-0.05, 0) is 48.2 Å². The van der Waals surface area contributed by atoms with Crippen molar-refractivity contribution in [1.82, 2.24) is 5.32 Å². The number of amides is 2. The fourth-order valence-corrected chi connectivity index (χ4v) is 3.54. The van der Waals surface area contributed by atoms with E-state index in [4.69, 9.17) is 11.6 Å². The second-order valence-corrected chi connectivity index (χ2v) is 8.00. The number of carbonyl (C=O) groups excluding carboxylic acids is 2. The number of anilines is 1. The largest absolute Gasteiger partial charge is 0.351 e. The molecule has 0 aliphatic heterocycles. The average Bonchev–Trinajstić information content (AvgIpc) is 2.63. The van der Waals surface area contributed by atoms with Crippen LogP contribution < -0.4 is 10.6 Å². The molecule has 0 saturated heterocycles. The molecule has 2 aromatic carbocycles. The highest BCUT2D eigenvalue weighted by atomic mass is 35.5. The van der Waals surface area contributed by atoms with E-state index >= 15 is 0 Å². The fourth-order valence-electron chi connectivity index (χ4n) is 3.34. The van der Waals surface area contributed by atoms with Crippen LogP contribution in [0.4, 0.5) is 10.1 Å². The molecule has 3 rings (SSSR count). The van der Waals surface area contributed by atoms with Crippen molar-refractivity contribution < 1.29 is 14.0 Å². The van der Waals surface area contributed by atoms with Gasteiger partial charge in [0.15, 0.2) is 0 Å². The molecule has 2 N–H and O–H groups in total. The minimum atomic E-state index is -0.551. The van der Waals surface area contributed by atoms with Crippen molar-refractivity contribution in [3.63, 3.8) is 0 Å². The Labute approximate surface area is 169 Å². The maximum atomic E-state index is 13.3. The summed E-state index contributed by atoms with van der Waals surface area (Å²) < 4.78 is 13.3. The van der Waals surface area contributed by atoms with Crippen LogP contribution in [-0.4, -0.2) is 11.8 Å². The Bertz CT molecular complexity index is 877. The van der Waals surface area contributed by atoms with Crippen molar-refractivity contribution in [3.8, 4) is 0 Å². The van der Waals surface area contributed by atoms with Gasteiger partial charge in [-0.3, -0.25) is 9.59 Å². The lowest BCUT2D eigenvalue weighted by molar-refractivity contribution is -0.130. The molecule has 0 atom stereocenters. The Morgan fingerprint density at radius 2 is 1.82 bits per heavy atom. The Morgan fingerprint density at radius 3 is 2.36 bits per heavy atom. The van der Waals surface area contributed by atoms with Crippen LogP contribution >= 0.6 is 11.6 Å². The molecule has 148 valence electrons. The monoisotopic (exact) mass is 402 g/mol. The number of nitrogens with one attached hydrogen (secondary N) is 2. The average molecular weight is 403 g/mol. The smallest absolute Gasteiger partial charge is 0.230 e. The van der Waals surface area contributed by atoms with Gasteiger partial charge in [0, 0.05) is 18.2 Å². The Hall–Kier alpha value is -2.40. The van der Waals surface area contributed by atoms with Gasteiger partial charge in [-0.15, -0.1) is 0 Å². The van der Waals surface area contributed by atoms with Crippen LogP contribution in [0.3, 0.4) is 0 Å². The third-order valence-corrected chi connectivity index (χ3v) is 5.60. The quantitative estimate of drug-likeness (QED) is 0.728. The highest BCUT2D eigenvalue weighted by molar-refractivity contribution is 6.30. The van der Waals surface area contributed by atoms with Crippen LogP contribution in [0.5, 0.6) is 0 Å². The van der Waals surface area contributed by atoms with Gasteiger partial charge in [0.2, 0.25) is 11.8 Å². The minimum Gasteiger partial charge on any atom is -0.351 e. The summed E-state index contributed by atoms with van der Waals surface area (Å²) in [7, 11) is 0. The lowest BCUT2D eigenvalue weighted by Crippen LogP contribution is -2.49. The third kappa shape index (κ3) is 4.20. The van der Waals surface area contributed by atoms with Crippen molar-refractivity contribution >= 4 is 29.1 Å². The highest BCUT2D eigenvalue weighted by Crippen LogP contribution is 2.44. The normalized spacial score (nSPS) is 15.0. The molecular weight excluding hydrogens is 379 g/mol. The Balaban J connectivity index is 1.69. The van der Waals surface area contributed by atoms with E-state index in [1.165, 1.54) is 12.1 Å². The number of halogens is 2. The summed E-state index contributed by atoms with van der Waals surface area (Å²) >= 11 is 5.81. The van der Waals surface area contributed by atoms with Gasteiger partial charge in [0.05, 0.1) is 10.4 Å². The van der Waals surface area contributed by atoms with Crippen LogP contribution in [0.1, 0.15) is 44.2 Å². The zero-order valence-electron chi connectivity index (χ0n) is 16.0. The summed E-state index contributed by atoms with van der Waals surface area (Å²) in [5.74, 6) is -0.653. The van der Waals surface area contributed by atoms with E-state index in [0.717, 1.165) is 36.1 Å². The van der Waals surface area contributed by atoms with Crippen LogP contribution in [0.25, 0.3) is 0 Å². The van der Waals surface area contributed by atoms with E-state index in [0.29, 0.717) is 6.54 Å². The molecule has 0 spiro atoms. The van der Waals surface area contributed by atoms with Gasteiger partial charge in [-0.1, -0.05) is 50.1 Å². The first kappa shape index (κ1) is 20.3. The van der Waals surface area contributed by atoms with E-state index in [2.05, 4.69) is 10.6 Å². The van der Waals surface area contributed by atoms with Gasteiger partial charge in [-0.2, -0.15) is 0 Å². The molecule has 2 aromatic rings. The fraction of sp³-hybridized carbons (Fsp3) is 0.364. The molecule has 0 bridgehead atoms. The van der Waals surface area contributed by atoms with Gasteiger partial charge in [0.25, 0.3) is 0 Å². The first-order chi connectivity index (χ1) is 13.3. The number of hydrogen-bond donors (Lipinski definition) is 2. The van der Waals surface area contributed by atoms with E-state index in [-0.39, 0.29) is 22.8 Å². The first-order valence-electron chi connectivity index (χ1n) is 9.45. The zero-order chi connectivity index (χ0) is 20.3. The van der Waals surface area contributed by atoms with Crippen molar-refractivity contribution in [2.24, 2.45) is 5.92 Å². The number of benzene rings is 2. The second-order valence-electron chi connectivity index (χ2n) is 7.59. The van der Waals surface area contributed by atoms with Gasteiger partial charge in [0.1, 0.15) is 5.82 Å². The second kappa shape index (κ2) is 8.31. The standard InChI is InChI=1S/C22H24ClFN2O2/c1-14(2)20(27)26-17-7-5-16(6-8-17)22(10-3-11-22)21(28)25-13-15-4-9-19(24)18(23)12-15/h4-9,12,14H,3,10-11,13H2,1-2H3,(H,25,28)(H,26,27). The molecular formula is C22H24ClFN2O2. The van der Waals surface area contributed by atoms with E-state index in [9.17, 15) is 14.0 Å². The van der Waals surface area contributed by atoms with Crippen molar-refractivity contribution in [2.75, 3.05) is 5.32 Å². The zero-order valence-corrected chi connectivity index (χ0v) is 16.8. The lowest BCUT2D eigenvalue weighted by atomic mass is 9.63. The number of carbonyl (C=O) groups is 2. The Kier molecular flexibility index (Phi) is 6.04. The SMILES string of the molecule is CC(C)C(=O)Nc1ccc(C2(C(=O)NCc3ccc(F)c(Cl)c3)CCC2)cc1. The summed E-state index contributed by atoms with van der Waals surface area (Å²) in [5, 5.41) is 5.86. The molecule has 1 aliphatic rings. The molecule has 28 heavy (non-hydrogen) atoms. The maximum absolute atomic E-state index is 13.3. The van der Waals surface area contributed by atoms with Crippen molar-refractivity contribution in [2.45, 2.75) is 45.1 Å². The summed E-state index contributed by atoms with van der Waals surface area (Å²) in [6, 6.07) is 11.9. The molecule has 2 amide bonds. The number of rotatable bonds is 6. The van der Waals surface area contributed by atoms with E-state index < -0.39 is 11.2 Å². The van der Waals surface area contributed by atoms with E-state index in [1.54, 1.807) is 6.07 Å². The summed E-state index contributed by atoms with van der Waals surface area (Å²) in [6.07, 6.45) is 2.54. The number of hydrogen-bond acceptors (Lipinski definition) is 2. The maximum Gasteiger partial charge on any atom is 0.230 e. The molecule has 1 saturated carbocycles. The van der Waals surface area contributed by atoms with Crippen LogP contribution in [0.2, 0.25) is 5.02 Å². The topological polar surface area (TPSA) is 58.2 Å².